The van der Waals surface area contributed by atoms with Gasteiger partial charge < -0.3 is 0 Å². The Balaban J connectivity index is 2.73. The molecule has 0 aliphatic rings. The van der Waals surface area contributed by atoms with Crippen LogP contribution in [0.3, 0.4) is 0 Å². The van der Waals surface area contributed by atoms with Crippen LogP contribution in [-0.4, -0.2) is 0 Å². The summed E-state index contributed by atoms with van der Waals surface area (Å²) in [6.07, 6.45) is 0.988. The number of allylic oxidation sites excluding steroid dienone is 1. The Morgan fingerprint density at radius 1 is 0.900 bits per heavy atom. The SMILES string of the molecule is C=C(CC)C(c1ccccc1)(c1ccccc1)C(C)C. The van der Waals surface area contributed by atoms with E-state index in [-0.39, 0.29) is 5.41 Å². The van der Waals surface area contributed by atoms with Crippen molar-refractivity contribution in [3.05, 3.63) is 83.9 Å². The topological polar surface area (TPSA) is 0 Å². The third-order valence-electron chi connectivity index (χ3n) is 4.31. The molecule has 0 saturated heterocycles. The van der Waals surface area contributed by atoms with Crippen molar-refractivity contribution in [2.24, 2.45) is 5.92 Å². The summed E-state index contributed by atoms with van der Waals surface area (Å²) in [5, 5.41) is 0. The monoisotopic (exact) mass is 264 g/mol. The highest BCUT2D eigenvalue weighted by molar-refractivity contribution is 5.48. The summed E-state index contributed by atoms with van der Waals surface area (Å²) in [4.78, 5) is 0. The van der Waals surface area contributed by atoms with Gasteiger partial charge >= 0.3 is 0 Å². The molecule has 20 heavy (non-hydrogen) atoms. The molecule has 0 fully saturated rings. The molecule has 2 rings (SSSR count). The van der Waals surface area contributed by atoms with Crippen molar-refractivity contribution in [2.45, 2.75) is 32.6 Å². The maximum atomic E-state index is 4.42. The van der Waals surface area contributed by atoms with Gasteiger partial charge in [0.15, 0.2) is 0 Å². The first-order valence-corrected chi connectivity index (χ1v) is 7.43. The fourth-order valence-electron chi connectivity index (χ4n) is 3.33. The number of hydrogen-bond acceptors (Lipinski definition) is 0. The lowest BCUT2D eigenvalue weighted by Crippen LogP contribution is -2.35. The van der Waals surface area contributed by atoms with Crippen molar-refractivity contribution in [2.75, 3.05) is 0 Å². The van der Waals surface area contributed by atoms with E-state index in [4.69, 9.17) is 0 Å². The number of rotatable bonds is 5. The maximum Gasteiger partial charge on any atom is 0.0431 e. The van der Waals surface area contributed by atoms with E-state index in [0.717, 1.165) is 6.42 Å². The molecule has 0 aliphatic carbocycles. The molecule has 104 valence electrons. The minimum absolute atomic E-state index is 0.0999. The Hall–Kier alpha value is -1.82. The van der Waals surface area contributed by atoms with Gasteiger partial charge in [-0.15, -0.1) is 0 Å². The van der Waals surface area contributed by atoms with Gasteiger partial charge in [0, 0.05) is 5.41 Å². The summed E-state index contributed by atoms with van der Waals surface area (Å²) < 4.78 is 0. The molecular weight excluding hydrogens is 240 g/mol. The van der Waals surface area contributed by atoms with Crippen LogP contribution in [0.5, 0.6) is 0 Å². The van der Waals surface area contributed by atoms with E-state index in [9.17, 15) is 0 Å². The minimum atomic E-state index is -0.0999. The highest BCUT2D eigenvalue weighted by atomic mass is 14.4. The Kier molecular flexibility index (Phi) is 4.44. The summed E-state index contributed by atoms with van der Waals surface area (Å²) in [6.45, 7) is 11.2. The van der Waals surface area contributed by atoms with Crippen LogP contribution in [0.1, 0.15) is 38.3 Å². The van der Waals surface area contributed by atoms with Crippen LogP contribution in [0.2, 0.25) is 0 Å². The Morgan fingerprint density at radius 3 is 1.60 bits per heavy atom. The highest BCUT2D eigenvalue weighted by Gasteiger charge is 2.39. The van der Waals surface area contributed by atoms with E-state index in [1.165, 1.54) is 16.7 Å². The second kappa shape index (κ2) is 6.09. The first-order chi connectivity index (χ1) is 9.64. The van der Waals surface area contributed by atoms with Gasteiger partial charge in [-0.3, -0.25) is 0 Å². The second-order valence-corrected chi connectivity index (χ2v) is 5.65. The zero-order valence-electron chi connectivity index (χ0n) is 12.8. The number of benzene rings is 2. The maximum absolute atomic E-state index is 4.42. The van der Waals surface area contributed by atoms with Crippen LogP contribution < -0.4 is 0 Å². The average molecular weight is 264 g/mol. The Morgan fingerprint density at radius 2 is 1.30 bits per heavy atom. The molecule has 0 bridgehead atoms. The van der Waals surface area contributed by atoms with Crippen molar-refractivity contribution in [3.63, 3.8) is 0 Å². The van der Waals surface area contributed by atoms with Crippen LogP contribution in [0.15, 0.2) is 72.8 Å². The molecule has 0 saturated carbocycles. The van der Waals surface area contributed by atoms with Crippen molar-refractivity contribution in [3.8, 4) is 0 Å². The fourth-order valence-corrected chi connectivity index (χ4v) is 3.33. The zero-order valence-corrected chi connectivity index (χ0v) is 12.8. The van der Waals surface area contributed by atoms with E-state index < -0.39 is 0 Å². The van der Waals surface area contributed by atoms with Crippen molar-refractivity contribution >= 4 is 0 Å². The van der Waals surface area contributed by atoms with Crippen molar-refractivity contribution in [1.29, 1.82) is 0 Å². The van der Waals surface area contributed by atoms with Gasteiger partial charge in [-0.05, 0) is 23.5 Å². The number of hydrogen-bond donors (Lipinski definition) is 0. The normalized spacial score (nSPS) is 11.6. The van der Waals surface area contributed by atoms with Gasteiger partial charge in [0.2, 0.25) is 0 Å². The lowest BCUT2D eigenvalue weighted by atomic mass is 9.62. The molecule has 0 unspecified atom stereocenters. The molecule has 0 radical (unpaired) electrons. The summed E-state index contributed by atoms with van der Waals surface area (Å²) in [6, 6.07) is 21.6. The minimum Gasteiger partial charge on any atom is -0.0986 e. The molecule has 0 aliphatic heterocycles. The predicted octanol–water partition coefficient (Wildman–Crippen LogP) is 5.59. The van der Waals surface area contributed by atoms with Crippen LogP contribution in [0.25, 0.3) is 0 Å². The Bertz CT molecular complexity index is 510. The fraction of sp³-hybridized carbons (Fsp3) is 0.300. The van der Waals surface area contributed by atoms with E-state index in [0.29, 0.717) is 5.92 Å². The van der Waals surface area contributed by atoms with Crippen LogP contribution in [0.4, 0.5) is 0 Å². The van der Waals surface area contributed by atoms with Gasteiger partial charge in [-0.25, -0.2) is 0 Å². The molecular formula is C20H24. The summed E-state index contributed by atoms with van der Waals surface area (Å²) >= 11 is 0. The predicted molar refractivity (Wildman–Crippen MR) is 87.9 cm³/mol. The molecule has 0 amide bonds. The van der Waals surface area contributed by atoms with Crippen LogP contribution >= 0.6 is 0 Å². The van der Waals surface area contributed by atoms with Gasteiger partial charge in [0.1, 0.15) is 0 Å². The zero-order chi connectivity index (χ0) is 14.6. The van der Waals surface area contributed by atoms with Gasteiger partial charge in [0.05, 0.1) is 0 Å². The van der Waals surface area contributed by atoms with Crippen LogP contribution in [-0.2, 0) is 5.41 Å². The van der Waals surface area contributed by atoms with Gasteiger partial charge in [-0.1, -0.05) is 93.6 Å². The molecule has 0 heteroatoms. The Labute approximate surface area is 123 Å². The molecule has 0 atom stereocenters. The van der Waals surface area contributed by atoms with E-state index in [1.807, 2.05) is 0 Å². The van der Waals surface area contributed by atoms with Gasteiger partial charge in [0.25, 0.3) is 0 Å². The first kappa shape index (κ1) is 14.6. The third kappa shape index (κ3) is 2.31. The largest absolute Gasteiger partial charge is 0.0986 e. The van der Waals surface area contributed by atoms with Gasteiger partial charge in [-0.2, -0.15) is 0 Å². The lowest BCUT2D eigenvalue weighted by molar-refractivity contribution is 0.421. The smallest absolute Gasteiger partial charge is 0.0431 e. The lowest BCUT2D eigenvalue weighted by Gasteiger charge is -2.41. The molecule has 2 aromatic carbocycles. The molecule has 0 N–H and O–H groups in total. The first-order valence-electron chi connectivity index (χ1n) is 7.43. The molecule has 0 spiro atoms. The van der Waals surface area contributed by atoms with E-state index in [2.05, 4.69) is 88.0 Å². The van der Waals surface area contributed by atoms with E-state index in [1.54, 1.807) is 0 Å². The quantitative estimate of drug-likeness (QED) is 0.617. The summed E-state index contributed by atoms with van der Waals surface area (Å²) in [7, 11) is 0. The summed E-state index contributed by atoms with van der Waals surface area (Å²) in [5.74, 6) is 0.458. The summed E-state index contributed by atoms with van der Waals surface area (Å²) in [5.41, 5.74) is 3.86. The van der Waals surface area contributed by atoms with Crippen molar-refractivity contribution < 1.29 is 0 Å². The molecule has 0 nitrogen and oxygen atoms in total. The average Bonchev–Trinajstić information content (AvgIpc) is 2.49. The highest BCUT2D eigenvalue weighted by Crippen LogP contribution is 2.45. The molecule has 0 heterocycles. The third-order valence-corrected chi connectivity index (χ3v) is 4.31. The second-order valence-electron chi connectivity index (χ2n) is 5.65. The van der Waals surface area contributed by atoms with Crippen LogP contribution in [0, 0.1) is 5.92 Å². The van der Waals surface area contributed by atoms with E-state index >= 15 is 0 Å². The molecule has 0 aromatic heterocycles. The standard InChI is InChI=1S/C20H24/c1-5-17(4)20(16(2)3,18-12-8-6-9-13-18)19-14-10-7-11-15-19/h6-16H,4-5H2,1-3H3. The molecule has 2 aromatic rings. The van der Waals surface area contributed by atoms with Crippen molar-refractivity contribution in [1.82, 2.24) is 0 Å².